The Morgan fingerprint density at radius 3 is 2.71 bits per heavy atom. The monoisotopic (exact) mass is 244 g/mol. The van der Waals surface area contributed by atoms with Crippen LogP contribution in [0.5, 0.6) is 0 Å². The predicted molar refractivity (Wildman–Crippen MR) is 61.2 cm³/mol. The van der Waals surface area contributed by atoms with Crippen LogP contribution in [0.2, 0.25) is 0 Å². The number of hydrogen-bond donors (Lipinski definition) is 4. The maximum atomic E-state index is 11.4. The van der Waals surface area contributed by atoms with Crippen molar-refractivity contribution < 1.29 is 19.8 Å². The first-order chi connectivity index (χ1) is 7.99. The fraction of sp³-hybridized carbons (Fsp3) is 0.818. The molecule has 3 atom stereocenters. The van der Waals surface area contributed by atoms with Crippen LogP contribution in [0.25, 0.3) is 0 Å². The normalized spacial score (nSPS) is 26.2. The third-order valence-electron chi connectivity index (χ3n) is 3.05. The Morgan fingerprint density at radius 1 is 1.41 bits per heavy atom. The van der Waals surface area contributed by atoms with Gasteiger partial charge in [-0.2, -0.15) is 0 Å². The highest BCUT2D eigenvalue weighted by Gasteiger charge is 2.22. The molecule has 1 amide bonds. The average molecular weight is 244 g/mol. The van der Waals surface area contributed by atoms with Crippen molar-refractivity contribution in [1.82, 2.24) is 5.32 Å². The van der Waals surface area contributed by atoms with E-state index in [-0.39, 0.29) is 18.4 Å². The van der Waals surface area contributed by atoms with E-state index in [0.717, 1.165) is 19.3 Å². The van der Waals surface area contributed by atoms with Gasteiger partial charge >= 0.3 is 5.97 Å². The lowest BCUT2D eigenvalue weighted by Gasteiger charge is -2.26. The number of aliphatic hydroxyl groups is 1. The Labute approximate surface area is 100 Å². The summed E-state index contributed by atoms with van der Waals surface area (Å²) >= 11 is 0. The fourth-order valence-electron chi connectivity index (χ4n) is 2.10. The number of carboxylic acid groups (broad SMARTS) is 1. The summed E-state index contributed by atoms with van der Waals surface area (Å²) in [6.45, 7) is 0.462. The number of nitrogens with two attached hydrogens (primary N) is 1. The molecular formula is C11H20N2O4. The maximum absolute atomic E-state index is 11.4. The largest absolute Gasteiger partial charge is 0.481 e. The molecule has 0 aromatic rings. The highest BCUT2D eigenvalue weighted by molar-refractivity contribution is 5.85. The first-order valence-electron chi connectivity index (χ1n) is 5.92. The molecule has 17 heavy (non-hydrogen) atoms. The van der Waals surface area contributed by atoms with E-state index in [1.54, 1.807) is 0 Å². The zero-order valence-electron chi connectivity index (χ0n) is 9.76. The van der Waals surface area contributed by atoms with Crippen molar-refractivity contribution in [1.29, 1.82) is 0 Å². The van der Waals surface area contributed by atoms with Gasteiger partial charge in [-0.3, -0.25) is 9.59 Å². The molecule has 0 heterocycles. The fourth-order valence-corrected chi connectivity index (χ4v) is 2.10. The van der Waals surface area contributed by atoms with Gasteiger partial charge in [-0.25, -0.2) is 0 Å². The van der Waals surface area contributed by atoms with Gasteiger partial charge in [0.15, 0.2) is 0 Å². The number of hydrogen-bond acceptors (Lipinski definition) is 4. The molecule has 0 spiro atoms. The van der Waals surface area contributed by atoms with Crippen LogP contribution in [0, 0.1) is 5.92 Å². The molecule has 5 N–H and O–H groups in total. The van der Waals surface area contributed by atoms with E-state index in [0.29, 0.717) is 13.0 Å². The zero-order chi connectivity index (χ0) is 12.8. The molecule has 1 rings (SSSR count). The van der Waals surface area contributed by atoms with Crippen LogP contribution in [0.3, 0.4) is 0 Å². The summed E-state index contributed by atoms with van der Waals surface area (Å²) in [6, 6.07) is -0.999. The van der Waals surface area contributed by atoms with Crippen molar-refractivity contribution in [3.63, 3.8) is 0 Å². The van der Waals surface area contributed by atoms with E-state index in [2.05, 4.69) is 5.32 Å². The Morgan fingerprint density at radius 2 is 2.12 bits per heavy atom. The van der Waals surface area contributed by atoms with E-state index < -0.39 is 17.9 Å². The van der Waals surface area contributed by atoms with Gasteiger partial charge in [0.05, 0.1) is 18.6 Å². The summed E-state index contributed by atoms with van der Waals surface area (Å²) in [7, 11) is 0. The molecule has 0 aromatic carbocycles. The third-order valence-corrected chi connectivity index (χ3v) is 3.05. The number of carbonyl (C=O) groups excluding carboxylic acids is 1. The van der Waals surface area contributed by atoms with Gasteiger partial charge in [-0.1, -0.05) is 6.42 Å². The first kappa shape index (κ1) is 13.9. The second-order valence-corrected chi connectivity index (χ2v) is 4.64. The average Bonchev–Trinajstić information content (AvgIpc) is 2.25. The number of carbonyl (C=O) groups is 2. The second kappa shape index (κ2) is 6.56. The first-order valence-corrected chi connectivity index (χ1v) is 5.92. The molecular weight excluding hydrogens is 224 g/mol. The van der Waals surface area contributed by atoms with Crippen LogP contribution in [0.1, 0.15) is 32.1 Å². The van der Waals surface area contributed by atoms with Gasteiger partial charge < -0.3 is 21.3 Å². The molecule has 0 bridgehead atoms. The number of rotatable bonds is 5. The Balaban J connectivity index is 2.25. The Hall–Kier alpha value is -1.14. The summed E-state index contributed by atoms with van der Waals surface area (Å²) in [5.41, 5.74) is 5.42. The number of nitrogens with one attached hydrogen (secondary N) is 1. The number of amides is 1. The van der Waals surface area contributed by atoms with Crippen molar-refractivity contribution in [3.05, 3.63) is 0 Å². The van der Waals surface area contributed by atoms with Crippen LogP contribution in [0.15, 0.2) is 0 Å². The van der Waals surface area contributed by atoms with Crippen LogP contribution < -0.4 is 11.1 Å². The Bertz CT molecular complexity index is 283. The van der Waals surface area contributed by atoms with Crippen molar-refractivity contribution in [2.75, 3.05) is 6.54 Å². The predicted octanol–water partition coefficient (Wildman–Crippen LogP) is -0.544. The molecule has 1 aliphatic carbocycles. The smallest absolute Gasteiger partial charge is 0.305 e. The van der Waals surface area contributed by atoms with Crippen molar-refractivity contribution in [2.45, 2.75) is 44.2 Å². The Kier molecular flexibility index (Phi) is 5.37. The van der Waals surface area contributed by atoms with Crippen molar-refractivity contribution in [2.24, 2.45) is 11.7 Å². The van der Waals surface area contributed by atoms with Crippen LogP contribution >= 0.6 is 0 Å². The lowest BCUT2D eigenvalue weighted by Crippen LogP contribution is -2.44. The summed E-state index contributed by atoms with van der Waals surface area (Å²) < 4.78 is 0. The van der Waals surface area contributed by atoms with E-state index in [4.69, 9.17) is 10.8 Å². The molecule has 98 valence electrons. The maximum Gasteiger partial charge on any atom is 0.305 e. The minimum absolute atomic E-state index is 0.264. The minimum atomic E-state index is -1.08. The molecule has 0 saturated heterocycles. The standard InChI is InChI=1S/C11H20N2O4/c12-9(5-10(15)16)11(17)13-6-7-2-1-3-8(14)4-7/h7-9,14H,1-6,12H2,(H,13,17)(H,15,16). The van der Waals surface area contributed by atoms with E-state index in [1.165, 1.54) is 0 Å². The van der Waals surface area contributed by atoms with E-state index in [1.807, 2.05) is 0 Å². The summed E-state index contributed by atoms with van der Waals surface area (Å²) in [4.78, 5) is 21.8. The third kappa shape index (κ3) is 5.14. The van der Waals surface area contributed by atoms with Gasteiger partial charge in [0, 0.05) is 6.54 Å². The molecule has 6 heteroatoms. The molecule has 1 aliphatic rings. The quantitative estimate of drug-likeness (QED) is 0.518. The van der Waals surface area contributed by atoms with Gasteiger partial charge in [-0.05, 0) is 25.2 Å². The molecule has 6 nitrogen and oxygen atoms in total. The van der Waals surface area contributed by atoms with Crippen molar-refractivity contribution >= 4 is 11.9 Å². The molecule has 1 saturated carbocycles. The second-order valence-electron chi connectivity index (χ2n) is 4.64. The highest BCUT2D eigenvalue weighted by atomic mass is 16.4. The zero-order valence-corrected chi connectivity index (χ0v) is 9.76. The summed E-state index contributed by atoms with van der Waals surface area (Å²) in [6.07, 6.45) is 2.81. The minimum Gasteiger partial charge on any atom is -0.481 e. The highest BCUT2D eigenvalue weighted by Crippen LogP contribution is 2.23. The lowest BCUT2D eigenvalue weighted by molar-refractivity contribution is -0.139. The SMILES string of the molecule is NC(CC(=O)O)C(=O)NCC1CCCC(O)C1. The number of aliphatic carboxylic acids is 1. The molecule has 0 aromatic heterocycles. The number of carboxylic acids is 1. The van der Waals surface area contributed by atoms with Gasteiger partial charge in [0.2, 0.25) is 5.91 Å². The number of aliphatic hydroxyl groups excluding tert-OH is 1. The van der Waals surface area contributed by atoms with E-state index >= 15 is 0 Å². The van der Waals surface area contributed by atoms with Crippen LogP contribution in [-0.2, 0) is 9.59 Å². The molecule has 3 unspecified atom stereocenters. The summed E-state index contributed by atoms with van der Waals surface area (Å²) in [5.74, 6) is -1.26. The van der Waals surface area contributed by atoms with Gasteiger partial charge in [0.25, 0.3) is 0 Å². The van der Waals surface area contributed by atoms with E-state index in [9.17, 15) is 14.7 Å². The molecule has 0 aliphatic heterocycles. The van der Waals surface area contributed by atoms with Crippen LogP contribution in [-0.4, -0.2) is 40.8 Å². The molecule has 0 radical (unpaired) electrons. The lowest BCUT2D eigenvalue weighted by atomic mass is 9.87. The van der Waals surface area contributed by atoms with Crippen LogP contribution in [0.4, 0.5) is 0 Å². The van der Waals surface area contributed by atoms with Gasteiger partial charge in [0.1, 0.15) is 0 Å². The van der Waals surface area contributed by atoms with Crippen molar-refractivity contribution in [3.8, 4) is 0 Å². The topological polar surface area (TPSA) is 113 Å². The summed E-state index contributed by atoms with van der Waals surface area (Å²) in [5, 5.41) is 20.6. The van der Waals surface area contributed by atoms with Gasteiger partial charge in [-0.15, -0.1) is 0 Å². The molecule has 1 fully saturated rings.